The Morgan fingerprint density at radius 3 is 2.35 bits per heavy atom. The number of nitrogens with zero attached hydrogens (tertiary/aromatic N) is 1. The molecule has 0 spiro atoms. The van der Waals surface area contributed by atoms with E-state index in [2.05, 4.69) is 10.3 Å². The highest BCUT2D eigenvalue weighted by Gasteiger charge is 2.41. The lowest BCUT2D eigenvalue weighted by Crippen LogP contribution is -2.30. The number of fused-ring (bicyclic) bond motifs is 1. The van der Waals surface area contributed by atoms with Crippen LogP contribution in [0.1, 0.15) is 47.7 Å². The highest BCUT2D eigenvalue weighted by Crippen LogP contribution is 2.42. The van der Waals surface area contributed by atoms with Gasteiger partial charge in [-0.05, 0) is 31.0 Å². The maximum absolute atomic E-state index is 13.6. The molecule has 3 rings (SSSR count). The molecule has 1 aliphatic heterocycles. The highest BCUT2D eigenvalue weighted by atomic mass is 19.4. The van der Waals surface area contributed by atoms with Crippen LogP contribution in [-0.2, 0) is 19.0 Å². The summed E-state index contributed by atoms with van der Waals surface area (Å²) < 4.78 is 80.6. The lowest BCUT2D eigenvalue weighted by molar-refractivity contribution is -0.143. The quantitative estimate of drug-likeness (QED) is 0.752. The van der Waals surface area contributed by atoms with Gasteiger partial charge in [0.1, 0.15) is 5.69 Å². The third-order valence-electron chi connectivity index (χ3n) is 4.56. The minimum absolute atomic E-state index is 0.113. The molecule has 9 heteroatoms. The summed E-state index contributed by atoms with van der Waals surface area (Å²) in [5.41, 5.74) is -3.83. The van der Waals surface area contributed by atoms with Gasteiger partial charge in [0.05, 0.1) is 17.7 Å². The first-order chi connectivity index (χ1) is 12.1. The zero-order valence-electron chi connectivity index (χ0n) is 13.5. The topological polar surface area (TPSA) is 45.1 Å². The van der Waals surface area contributed by atoms with Gasteiger partial charge in [-0.1, -0.05) is 18.6 Å². The summed E-state index contributed by atoms with van der Waals surface area (Å²) in [4.78, 5) is 3.40. The molecule has 2 N–H and O–H groups in total. The maximum Gasteiger partial charge on any atom is 0.433 e. The Kier molecular flexibility index (Phi) is 4.87. The fraction of sp³-hybridized carbons (Fsp3) is 0.471. The van der Waals surface area contributed by atoms with Gasteiger partial charge < -0.3 is 10.4 Å². The van der Waals surface area contributed by atoms with Crippen molar-refractivity contribution >= 4 is 10.9 Å². The molecular formula is C17H16F6N2O. The van der Waals surface area contributed by atoms with E-state index in [9.17, 15) is 31.4 Å². The average Bonchev–Trinajstić information content (AvgIpc) is 2.58. The molecule has 3 nitrogen and oxygen atoms in total. The second kappa shape index (κ2) is 6.70. The lowest BCUT2D eigenvalue weighted by Gasteiger charge is -2.29. The van der Waals surface area contributed by atoms with E-state index >= 15 is 0 Å². The molecule has 1 aromatic heterocycles. The number of aromatic nitrogens is 1. The van der Waals surface area contributed by atoms with E-state index in [1.165, 1.54) is 6.07 Å². The normalized spacial score (nSPS) is 19.1. The van der Waals surface area contributed by atoms with Crippen molar-refractivity contribution in [3.8, 4) is 0 Å². The summed E-state index contributed by atoms with van der Waals surface area (Å²) in [7, 11) is 0. The molecule has 0 saturated carbocycles. The van der Waals surface area contributed by atoms with Gasteiger partial charge >= 0.3 is 12.4 Å². The van der Waals surface area contributed by atoms with E-state index in [0.29, 0.717) is 25.5 Å². The van der Waals surface area contributed by atoms with Crippen molar-refractivity contribution in [1.29, 1.82) is 0 Å². The number of nitrogens with one attached hydrogen (secondary N) is 1. The van der Waals surface area contributed by atoms with Crippen LogP contribution in [0.4, 0.5) is 26.3 Å². The first-order valence-corrected chi connectivity index (χ1v) is 8.08. The van der Waals surface area contributed by atoms with Crippen LogP contribution in [0.5, 0.6) is 0 Å². The van der Waals surface area contributed by atoms with E-state index in [0.717, 1.165) is 12.5 Å². The summed E-state index contributed by atoms with van der Waals surface area (Å²) in [6.07, 6.45) is -7.92. The Balaban J connectivity index is 2.38. The van der Waals surface area contributed by atoms with Gasteiger partial charge in [0.2, 0.25) is 0 Å². The fourth-order valence-corrected chi connectivity index (χ4v) is 3.46. The summed E-state index contributed by atoms with van der Waals surface area (Å²) in [6.45, 7) is -0.315. The molecular weight excluding hydrogens is 362 g/mol. The van der Waals surface area contributed by atoms with Gasteiger partial charge in [-0.25, -0.2) is 4.98 Å². The third-order valence-corrected chi connectivity index (χ3v) is 4.56. The Labute approximate surface area is 145 Å². The Hall–Kier alpha value is -1.87. The standard InChI is InChI=1S/C17H16F6N2O/c18-16(19,20)11-5-3-4-9-10(8-26)13(12-6-1-2-7-24-12)15(17(21,22)23)25-14(9)11/h3-5,12,24,26H,1-2,6-8H2/t12-/m1/s1. The molecule has 1 fully saturated rings. The first-order valence-electron chi connectivity index (χ1n) is 8.08. The van der Waals surface area contributed by atoms with Crippen molar-refractivity contribution in [2.24, 2.45) is 0 Å². The smallest absolute Gasteiger partial charge is 0.392 e. The van der Waals surface area contributed by atoms with Crippen LogP contribution < -0.4 is 5.32 Å². The van der Waals surface area contributed by atoms with Gasteiger partial charge in [0, 0.05) is 17.0 Å². The van der Waals surface area contributed by atoms with Crippen LogP contribution >= 0.6 is 0 Å². The number of aliphatic hydroxyl groups excluding tert-OH is 1. The van der Waals surface area contributed by atoms with Gasteiger partial charge in [0.25, 0.3) is 0 Å². The van der Waals surface area contributed by atoms with Crippen molar-refractivity contribution in [3.05, 3.63) is 40.6 Å². The Morgan fingerprint density at radius 1 is 1.08 bits per heavy atom. The molecule has 2 aromatic rings. The molecule has 1 atom stereocenters. The number of pyridine rings is 1. The van der Waals surface area contributed by atoms with Gasteiger partial charge in [-0.2, -0.15) is 26.3 Å². The highest BCUT2D eigenvalue weighted by molar-refractivity contribution is 5.87. The molecule has 0 amide bonds. The fourth-order valence-electron chi connectivity index (χ4n) is 3.46. The Morgan fingerprint density at radius 2 is 1.81 bits per heavy atom. The second-order valence-corrected chi connectivity index (χ2v) is 6.21. The SMILES string of the molecule is OCc1c([C@H]2CCCCN2)c(C(F)(F)F)nc2c(C(F)(F)F)cccc12. The number of benzene rings is 1. The molecule has 0 aliphatic carbocycles. The molecule has 26 heavy (non-hydrogen) atoms. The van der Waals surface area contributed by atoms with Crippen LogP contribution in [0.3, 0.4) is 0 Å². The number of para-hydroxylation sites is 1. The summed E-state index contributed by atoms with van der Waals surface area (Å²) >= 11 is 0. The monoisotopic (exact) mass is 378 g/mol. The number of hydrogen-bond donors (Lipinski definition) is 2. The van der Waals surface area contributed by atoms with Crippen molar-refractivity contribution < 1.29 is 31.4 Å². The molecule has 0 unspecified atom stereocenters. The van der Waals surface area contributed by atoms with E-state index in [4.69, 9.17) is 0 Å². The van der Waals surface area contributed by atoms with Crippen molar-refractivity contribution in [2.75, 3.05) is 6.54 Å². The van der Waals surface area contributed by atoms with Gasteiger partial charge in [0.15, 0.2) is 0 Å². The number of hydrogen-bond acceptors (Lipinski definition) is 3. The number of halogens is 6. The van der Waals surface area contributed by atoms with Crippen molar-refractivity contribution in [2.45, 2.75) is 44.3 Å². The van der Waals surface area contributed by atoms with Crippen molar-refractivity contribution in [3.63, 3.8) is 0 Å². The predicted octanol–water partition coefficient (Wildman–Crippen LogP) is 4.58. The summed E-state index contributed by atoms with van der Waals surface area (Å²) in [6, 6.07) is 2.34. The van der Waals surface area contributed by atoms with Gasteiger partial charge in [-0.15, -0.1) is 0 Å². The first kappa shape index (κ1) is 18.9. The molecule has 1 aromatic carbocycles. The lowest BCUT2D eigenvalue weighted by atomic mass is 9.89. The second-order valence-electron chi connectivity index (χ2n) is 6.21. The largest absolute Gasteiger partial charge is 0.433 e. The van der Waals surface area contributed by atoms with E-state index in [1.807, 2.05) is 0 Å². The van der Waals surface area contributed by atoms with Crippen molar-refractivity contribution in [1.82, 2.24) is 10.3 Å². The average molecular weight is 378 g/mol. The zero-order chi connectivity index (χ0) is 19.1. The minimum Gasteiger partial charge on any atom is -0.392 e. The van der Waals surface area contributed by atoms with Crippen LogP contribution in [0.2, 0.25) is 0 Å². The van der Waals surface area contributed by atoms with Gasteiger partial charge in [-0.3, -0.25) is 0 Å². The Bertz CT molecular complexity index is 809. The van der Waals surface area contributed by atoms with Crippen LogP contribution in [0.25, 0.3) is 10.9 Å². The van der Waals surface area contributed by atoms with E-state index in [-0.39, 0.29) is 16.5 Å². The number of piperidine rings is 1. The molecule has 2 heterocycles. The van der Waals surface area contributed by atoms with Crippen LogP contribution in [0, 0.1) is 0 Å². The number of aliphatic hydroxyl groups is 1. The summed E-state index contributed by atoms with van der Waals surface area (Å²) in [5, 5.41) is 12.6. The number of alkyl halides is 6. The van der Waals surface area contributed by atoms with E-state index < -0.39 is 41.8 Å². The van der Waals surface area contributed by atoms with E-state index in [1.54, 1.807) is 0 Å². The molecule has 142 valence electrons. The third kappa shape index (κ3) is 3.37. The minimum atomic E-state index is -4.94. The molecule has 1 aliphatic rings. The van der Waals surface area contributed by atoms with Crippen LogP contribution in [-0.4, -0.2) is 16.6 Å². The van der Waals surface area contributed by atoms with Crippen LogP contribution in [0.15, 0.2) is 18.2 Å². The number of rotatable bonds is 2. The molecule has 0 bridgehead atoms. The predicted molar refractivity (Wildman–Crippen MR) is 82.3 cm³/mol. The molecule has 1 saturated heterocycles. The zero-order valence-corrected chi connectivity index (χ0v) is 13.5. The molecule has 0 radical (unpaired) electrons. The maximum atomic E-state index is 13.6. The summed E-state index contributed by atoms with van der Waals surface area (Å²) in [5.74, 6) is 0.